The lowest BCUT2D eigenvalue weighted by Crippen LogP contribution is -2.34. The van der Waals surface area contributed by atoms with E-state index in [1.54, 1.807) is 36.4 Å². The maximum Gasteiger partial charge on any atom is 0.416 e. The molecule has 3 aromatic carbocycles. The summed E-state index contributed by atoms with van der Waals surface area (Å²) in [6.45, 7) is 2.73. The van der Waals surface area contributed by atoms with Crippen LogP contribution in [-0.4, -0.2) is 39.5 Å². The summed E-state index contributed by atoms with van der Waals surface area (Å²) >= 11 is 6.25. The molecule has 0 amide bonds. The number of sulfonamides is 1. The number of likely N-dealkylation sites (tertiary alicyclic amines) is 1. The Morgan fingerprint density at radius 2 is 1.63 bits per heavy atom. The van der Waals surface area contributed by atoms with Crippen LogP contribution in [0.1, 0.15) is 54.2 Å². The Kier molecular flexibility index (Phi) is 9.52. The summed E-state index contributed by atoms with van der Waals surface area (Å²) in [4.78, 5) is 2.58. The molecule has 1 atom stereocenters. The molecule has 1 unspecified atom stereocenters. The van der Waals surface area contributed by atoms with Gasteiger partial charge in [-0.05, 0) is 98.6 Å². The number of piperidine rings is 1. The minimum Gasteiger partial charge on any atom is -0.303 e. The van der Waals surface area contributed by atoms with Gasteiger partial charge in [0.1, 0.15) is 0 Å². The zero-order valence-corrected chi connectivity index (χ0v) is 22.6. The van der Waals surface area contributed by atoms with Crippen LogP contribution in [0.3, 0.4) is 0 Å². The molecule has 3 aromatic rings. The SMILES string of the molecule is O=S(=O)(NCCC(CCN1CCC(c2cccc(C(F)(F)F)c2)CC1)c1cccc(Cl)c1)c1ccccc1. The van der Waals surface area contributed by atoms with Crippen LogP contribution in [0.2, 0.25) is 5.02 Å². The van der Waals surface area contributed by atoms with Gasteiger partial charge in [0, 0.05) is 11.6 Å². The zero-order chi connectivity index (χ0) is 27.2. The van der Waals surface area contributed by atoms with E-state index in [0.717, 1.165) is 56.1 Å². The quantitative estimate of drug-likeness (QED) is 0.286. The lowest BCUT2D eigenvalue weighted by molar-refractivity contribution is -0.137. The van der Waals surface area contributed by atoms with Gasteiger partial charge in [-0.25, -0.2) is 13.1 Å². The van der Waals surface area contributed by atoms with Crippen LogP contribution in [0.15, 0.2) is 83.8 Å². The molecular formula is C29H32ClF3N2O2S. The van der Waals surface area contributed by atoms with E-state index in [4.69, 9.17) is 11.6 Å². The van der Waals surface area contributed by atoms with Gasteiger partial charge in [0.05, 0.1) is 10.5 Å². The molecular weight excluding hydrogens is 533 g/mol. The molecule has 1 N–H and O–H groups in total. The van der Waals surface area contributed by atoms with Gasteiger partial charge in [0.25, 0.3) is 0 Å². The van der Waals surface area contributed by atoms with E-state index in [1.165, 1.54) is 12.1 Å². The van der Waals surface area contributed by atoms with Crippen LogP contribution in [0, 0.1) is 0 Å². The topological polar surface area (TPSA) is 49.4 Å². The van der Waals surface area contributed by atoms with E-state index >= 15 is 0 Å². The van der Waals surface area contributed by atoms with E-state index in [1.807, 2.05) is 24.3 Å². The number of halogens is 4. The van der Waals surface area contributed by atoms with Crippen molar-refractivity contribution in [2.75, 3.05) is 26.2 Å². The minimum atomic E-state index is -4.33. The fraction of sp³-hybridized carbons (Fsp3) is 0.379. The highest BCUT2D eigenvalue weighted by Gasteiger charge is 2.31. The van der Waals surface area contributed by atoms with Gasteiger partial charge in [0.2, 0.25) is 10.0 Å². The summed E-state index contributed by atoms with van der Waals surface area (Å²) in [6.07, 6.45) is -1.28. The van der Waals surface area contributed by atoms with Crippen molar-refractivity contribution >= 4 is 21.6 Å². The molecule has 1 aliphatic rings. The van der Waals surface area contributed by atoms with Crippen LogP contribution < -0.4 is 4.72 Å². The van der Waals surface area contributed by atoms with Gasteiger partial charge in [-0.15, -0.1) is 0 Å². The summed E-state index contributed by atoms with van der Waals surface area (Å²) in [6, 6.07) is 21.7. The van der Waals surface area contributed by atoms with Crippen LogP contribution in [0.4, 0.5) is 13.2 Å². The molecule has 0 radical (unpaired) electrons. The fourth-order valence-corrected chi connectivity index (χ4v) is 6.35. The van der Waals surface area contributed by atoms with Crippen molar-refractivity contribution in [1.29, 1.82) is 0 Å². The molecule has 0 aliphatic carbocycles. The Labute approximate surface area is 227 Å². The van der Waals surface area contributed by atoms with Crippen molar-refractivity contribution < 1.29 is 21.6 Å². The van der Waals surface area contributed by atoms with E-state index in [0.29, 0.717) is 18.0 Å². The Balaban J connectivity index is 1.34. The van der Waals surface area contributed by atoms with Crippen molar-refractivity contribution in [3.05, 3.63) is 101 Å². The van der Waals surface area contributed by atoms with Gasteiger partial charge in [-0.2, -0.15) is 13.2 Å². The number of hydrogen-bond acceptors (Lipinski definition) is 3. The van der Waals surface area contributed by atoms with Crippen molar-refractivity contribution in [3.63, 3.8) is 0 Å². The molecule has 0 aromatic heterocycles. The molecule has 1 heterocycles. The second-order valence-electron chi connectivity index (χ2n) is 9.78. The molecule has 4 nitrogen and oxygen atoms in total. The van der Waals surface area contributed by atoms with Crippen LogP contribution in [-0.2, 0) is 16.2 Å². The van der Waals surface area contributed by atoms with E-state index in [-0.39, 0.29) is 16.7 Å². The third kappa shape index (κ3) is 7.82. The first-order chi connectivity index (χ1) is 18.1. The Hall–Kier alpha value is -2.39. The molecule has 9 heteroatoms. The monoisotopic (exact) mass is 564 g/mol. The number of rotatable bonds is 10. The molecule has 1 saturated heterocycles. The maximum absolute atomic E-state index is 13.1. The van der Waals surface area contributed by atoms with E-state index < -0.39 is 21.8 Å². The summed E-state index contributed by atoms with van der Waals surface area (Å²) in [5.41, 5.74) is 1.22. The average molecular weight is 565 g/mol. The summed E-state index contributed by atoms with van der Waals surface area (Å²) in [5, 5.41) is 0.638. The number of benzene rings is 3. The highest BCUT2D eigenvalue weighted by Crippen LogP contribution is 2.34. The Bertz CT molecular complexity index is 1290. The second kappa shape index (κ2) is 12.6. The number of nitrogens with one attached hydrogen (secondary N) is 1. The first-order valence-electron chi connectivity index (χ1n) is 12.8. The van der Waals surface area contributed by atoms with Crippen molar-refractivity contribution in [2.24, 2.45) is 0 Å². The summed E-state index contributed by atoms with van der Waals surface area (Å²) < 4.78 is 67.3. The molecule has 0 saturated carbocycles. The second-order valence-corrected chi connectivity index (χ2v) is 12.0. The average Bonchev–Trinajstić information content (AvgIpc) is 2.91. The van der Waals surface area contributed by atoms with Crippen molar-refractivity contribution in [2.45, 2.75) is 48.6 Å². The number of hydrogen-bond donors (Lipinski definition) is 1. The first-order valence-corrected chi connectivity index (χ1v) is 14.7. The normalized spacial score (nSPS) is 16.4. The molecule has 4 rings (SSSR count). The smallest absolute Gasteiger partial charge is 0.303 e. The molecule has 1 aliphatic heterocycles. The first kappa shape index (κ1) is 28.6. The highest BCUT2D eigenvalue weighted by molar-refractivity contribution is 7.89. The third-order valence-electron chi connectivity index (χ3n) is 7.23. The summed E-state index contributed by atoms with van der Waals surface area (Å²) in [5.74, 6) is 0.220. The van der Waals surface area contributed by atoms with Gasteiger partial charge >= 0.3 is 6.18 Å². The largest absolute Gasteiger partial charge is 0.416 e. The molecule has 1 fully saturated rings. The molecule has 204 valence electrons. The number of alkyl halides is 3. The van der Waals surface area contributed by atoms with Gasteiger partial charge in [-0.1, -0.05) is 60.1 Å². The maximum atomic E-state index is 13.1. The van der Waals surface area contributed by atoms with E-state index in [9.17, 15) is 21.6 Å². The lowest BCUT2D eigenvalue weighted by Gasteiger charge is -2.33. The fourth-order valence-electron chi connectivity index (χ4n) is 5.09. The lowest BCUT2D eigenvalue weighted by atomic mass is 9.87. The van der Waals surface area contributed by atoms with Gasteiger partial charge in [-0.3, -0.25) is 0 Å². The molecule has 38 heavy (non-hydrogen) atoms. The third-order valence-corrected chi connectivity index (χ3v) is 8.94. The predicted octanol–water partition coefficient (Wildman–Crippen LogP) is 7.08. The van der Waals surface area contributed by atoms with Gasteiger partial charge in [0.15, 0.2) is 0 Å². The van der Waals surface area contributed by atoms with Crippen LogP contribution in [0.5, 0.6) is 0 Å². The minimum absolute atomic E-state index is 0.105. The van der Waals surface area contributed by atoms with Crippen LogP contribution in [0.25, 0.3) is 0 Å². The van der Waals surface area contributed by atoms with Crippen molar-refractivity contribution in [3.8, 4) is 0 Å². The standard InChI is InChI=1S/C29H32ClF3N2O2S/c30-27-9-5-7-25(21-27)22(12-16-34-38(36,37)28-10-2-1-3-11-28)13-17-35-18-14-23(15-19-35)24-6-4-8-26(20-24)29(31,32)33/h1-11,20-23,34H,12-19H2. The number of nitrogens with zero attached hydrogens (tertiary/aromatic N) is 1. The van der Waals surface area contributed by atoms with Crippen LogP contribution >= 0.6 is 11.6 Å². The Morgan fingerprint density at radius 3 is 2.32 bits per heavy atom. The highest BCUT2D eigenvalue weighted by atomic mass is 35.5. The van der Waals surface area contributed by atoms with Crippen molar-refractivity contribution in [1.82, 2.24) is 9.62 Å². The van der Waals surface area contributed by atoms with Gasteiger partial charge < -0.3 is 4.90 Å². The predicted molar refractivity (Wildman–Crippen MR) is 145 cm³/mol. The zero-order valence-electron chi connectivity index (χ0n) is 21.0. The van der Waals surface area contributed by atoms with E-state index in [2.05, 4.69) is 9.62 Å². The summed E-state index contributed by atoms with van der Waals surface area (Å²) in [7, 11) is -3.58. The molecule has 0 spiro atoms. The Morgan fingerprint density at radius 1 is 0.921 bits per heavy atom. The molecule has 0 bridgehead atoms.